The molecular formula is C14H12N4O2S2. The summed E-state index contributed by atoms with van der Waals surface area (Å²) < 4.78 is 5.54. The van der Waals surface area contributed by atoms with Crippen molar-refractivity contribution in [2.45, 2.75) is 12.1 Å². The number of nitrogens with zero attached hydrogens (tertiary/aromatic N) is 3. The van der Waals surface area contributed by atoms with Crippen LogP contribution in [0.5, 0.6) is 0 Å². The van der Waals surface area contributed by atoms with Gasteiger partial charge in [0.05, 0.1) is 5.75 Å². The molecule has 0 aliphatic carbocycles. The van der Waals surface area contributed by atoms with E-state index in [2.05, 4.69) is 20.5 Å². The van der Waals surface area contributed by atoms with Gasteiger partial charge in [-0.3, -0.25) is 4.79 Å². The van der Waals surface area contributed by atoms with Crippen molar-refractivity contribution in [2.75, 3.05) is 11.1 Å². The molecule has 0 bridgehead atoms. The van der Waals surface area contributed by atoms with E-state index in [-0.39, 0.29) is 11.7 Å². The smallest absolute Gasteiger partial charge is 0.277 e. The molecule has 0 saturated carbocycles. The van der Waals surface area contributed by atoms with Gasteiger partial charge < -0.3 is 9.73 Å². The van der Waals surface area contributed by atoms with Gasteiger partial charge in [0.15, 0.2) is 5.13 Å². The molecule has 0 radical (unpaired) electrons. The molecule has 0 aliphatic heterocycles. The summed E-state index contributed by atoms with van der Waals surface area (Å²) >= 11 is 2.57. The Bertz CT molecular complexity index is 754. The van der Waals surface area contributed by atoms with Gasteiger partial charge in [-0.15, -0.1) is 21.5 Å². The van der Waals surface area contributed by atoms with Crippen LogP contribution in [0.4, 0.5) is 5.13 Å². The van der Waals surface area contributed by atoms with E-state index < -0.39 is 0 Å². The molecule has 112 valence electrons. The van der Waals surface area contributed by atoms with Crippen LogP contribution in [0.25, 0.3) is 11.5 Å². The number of hydrogen-bond donors (Lipinski definition) is 1. The minimum atomic E-state index is -0.157. The molecule has 1 aromatic carbocycles. The highest BCUT2D eigenvalue weighted by molar-refractivity contribution is 7.99. The number of thioether (sulfide) groups is 1. The first-order valence-corrected chi connectivity index (χ1v) is 8.30. The molecule has 0 aliphatic rings. The summed E-state index contributed by atoms with van der Waals surface area (Å²) in [4.78, 5) is 15.7. The number of benzene rings is 1. The predicted octanol–water partition coefficient (Wildman–Crippen LogP) is 3.23. The Labute approximate surface area is 135 Å². The second kappa shape index (κ2) is 6.71. The van der Waals surface area contributed by atoms with Crippen LogP contribution in [0.15, 0.2) is 45.5 Å². The lowest BCUT2D eigenvalue weighted by atomic mass is 10.1. The quantitative estimate of drug-likeness (QED) is 0.723. The molecule has 1 amide bonds. The van der Waals surface area contributed by atoms with E-state index in [0.29, 0.717) is 16.2 Å². The van der Waals surface area contributed by atoms with Crippen LogP contribution in [-0.2, 0) is 4.79 Å². The SMILES string of the molecule is Cc1ccc(-c2nnc(SCC(=O)Nc3nccs3)o2)cc1. The highest BCUT2D eigenvalue weighted by Crippen LogP contribution is 2.23. The zero-order valence-electron chi connectivity index (χ0n) is 11.6. The lowest BCUT2D eigenvalue weighted by Gasteiger charge is -1.98. The normalized spacial score (nSPS) is 10.6. The number of carbonyl (C=O) groups is 1. The number of nitrogens with one attached hydrogen (secondary N) is 1. The van der Waals surface area contributed by atoms with Crippen molar-refractivity contribution in [3.05, 3.63) is 41.4 Å². The van der Waals surface area contributed by atoms with E-state index in [1.807, 2.05) is 31.2 Å². The lowest BCUT2D eigenvalue weighted by molar-refractivity contribution is -0.113. The number of anilines is 1. The standard InChI is InChI=1S/C14H12N4O2S2/c1-9-2-4-10(5-3-9)12-17-18-14(20-12)22-8-11(19)16-13-15-6-7-21-13/h2-7H,8H2,1H3,(H,15,16,19). The zero-order valence-corrected chi connectivity index (χ0v) is 13.3. The maximum Gasteiger partial charge on any atom is 0.277 e. The highest BCUT2D eigenvalue weighted by Gasteiger charge is 2.11. The number of thiazole rings is 1. The maximum absolute atomic E-state index is 11.7. The minimum Gasteiger partial charge on any atom is -0.411 e. The first kappa shape index (κ1) is 14.7. The fourth-order valence-corrected chi connectivity index (χ4v) is 2.76. The van der Waals surface area contributed by atoms with Gasteiger partial charge >= 0.3 is 0 Å². The molecule has 0 atom stereocenters. The summed E-state index contributed by atoms with van der Waals surface area (Å²) in [6.45, 7) is 2.01. The van der Waals surface area contributed by atoms with Gasteiger partial charge in [-0.2, -0.15) is 0 Å². The third kappa shape index (κ3) is 3.71. The minimum absolute atomic E-state index is 0.157. The van der Waals surface area contributed by atoms with E-state index in [4.69, 9.17) is 4.42 Å². The van der Waals surface area contributed by atoms with Gasteiger partial charge in [0.1, 0.15) is 0 Å². The van der Waals surface area contributed by atoms with Gasteiger partial charge in [0.2, 0.25) is 11.8 Å². The van der Waals surface area contributed by atoms with E-state index in [1.165, 1.54) is 23.1 Å². The van der Waals surface area contributed by atoms with Gasteiger partial charge in [-0.05, 0) is 19.1 Å². The summed E-state index contributed by atoms with van der Waals surface area (Å²) in [5.74, 6) is 0.479. The van der Waals surface area contributed by atoms with Gasteiger partial charge in [-0.25, -0.2) is 4.98 Å². The molecule has 3 aromatic rings. The summed E-state index contributed by atoms with van der Waals surface area (Å²) in [7, 11) is 0. The van der Waals surface area contributed by atoms with Crippen molar-refractivity contribution < 1.29 is 9.21 Å². The van der Waals surface area contributed by atoms with Crippen molar-refractivity contribution in [3.63, 3.8) is 0 Å². The third-order valence-electron chi connectivity index (χ3n) is 2.71. The van der Waals surface area contributed by atoms with Gasteiger partial charge in [-0.1, -0.05) is 29.5 Å². The average molecular weight is 332 g/mol. The van der Waals surface area contributed by atoms with Crippen LogP contribution in [-0.4, -0.2) is 26.8 Å². The van der Waals surface area contributed by atoms with E-state index in [9.17, 15) is 4.79 Å². The number of hydrogen-bond acceptors (Lipinski definition) is 7. The average Bonchev–Trinajstić information content (AvgIpc) is 3.17. The Balaban J connectivity index is 1.57. The zero-order chi connectivity index (χ0) is 15.4. The molecule has 2 heterocycles. The molecule has 22 heavy (non-hydrogen) atoms. The first-order valence-electron chi connectivity index (χ1n) is 6.43. The number of amides is 1. The second-order valence-electron chi connectivity index (χ2n) is 4.41. The van der Waals surface area contributed by atoms with Crippen molar-refractivity contribution in [2.24, 2.45) is 0 Å². The Hall–Kier alpha value is -2.19. The van der Waals surface area contributed by atoms with E-state index >= 15 is 0 Å². The summed E-state index contributed by atoms with van der Waals surface area (Å²) in [6.07, 6.45) is 1.64. The summed E-state index contributed by atoms with van der Waals surface area (Å²) in [5, 5.41) is 13.4. The molecule has 0 fully saturated rings. The Morgan fingerprint density at radius 1 is 1.32 bits per heavy atom. The van der Waals surface area contributed by atoms with Crippen molar-refractivity contribution >= 4 is 34.1 Å². The van der Waals surface area contributed by atoms with Gasteiger partial charge in [0.25, 0.3) is 5.22 Å². The molecular weight excluding hydrogens is 320 g/mol. The number of aryl methyl sites for hydroxylation is 1. The van der Waals surface area contributed by atoms with Crippen LogP contribution in [0.3, 0.4) is 0 Å². The Morgan fingerprint density at radius 3 is 2.86 bits per heavy atom. The number of carbonyl (C=O) groups excluding carboxylic acids is 1. The highest BCUT2D eigenvalue weighted by atomic mass is 32.2. The third-order valence-corrected chi connectivity index (χ3v) is 4.22. The maximum atomic E-state index is 11.7. The molecule has 0 unspecified atom stereocenters. The van der Waals surface area contributed by atoms with Crippen LogP contribution in [0, 0.1) is 6.92 Å². The summed E-state index contributed by atoms with van der Waals surface area (Å²) in [5.41, 5.74) is 2.02. The molecule has 0 spiro atoms. The van der Waals surface area contributed by atoms with Crippen molar-refractivity contribution in [1.29, 1.82) is 0 Å². The summed E-state index contributed by atoms with van der Waals surface area (Å²) in [6, 6.07) is 7.81. The monoisotopic (exact) mass is 332 g/mol. The number of aromatic nitrogens is 3. The number of rotatable bonds is 5. The van der Waals surface area contributed by atoms with E-state index in [1.54, 1.807) is 11.6 Å². The molecule has 6 nitrogen and oxygen atoms in total. The van der Waals surface area contributed by atoms with E-state index in [0.717, 1.165) is 11.1 Å². The largest absolute Gasteiger partial charge is 0.411 e. The molecule has 1 N–H and O–H groups in total. The molecule has 0 saturated heterocycles. The Kier molecular flexibility index (Phi) is 4.50. The molecule has 3 rings (SSSR count). The van der Waals surface area contributed by atoms with Crippen molar-refractivity contribution in [3.8, 4) is 11.5 Å². The second-order valence-corrected chi connectivity index (χ2v) is 6.23. The topological polar surface area (TPSA) is 80.9 Å². The molecule has 8 heteroatoms. The predicted molar refractivity (Wildman–Crippen MR) is 85.9 cm³/mol. The Morgan fingerprint density at radius 2 is 2.14 bits per heavy atom. The lowest BCUT2D eigenvalue weighted by Crippen LogP contribution is -2.13. The van der Waals surface area contributed by atoms with Crippen LogP contribution >= 0.6 is 23.1 Å². The van der Waals surface area contributed by atoms with Gasteiger partial charge in [0, 0.05) is 17.1 Å². The molecule has 2 aromatic heterocycles. The van der Waals surface area contributed by atoms with Crippen molar-refractivity contribution in [1.82, 2.24) is 15.2 Å². The van der Waals surface area contributed by atoms with Crippen LogP contribution in [0.1, 0.15) is 5.56 Å². The van der Waals surface area contributed by atoms with Crippen LogP contribution < -0.4 is 5.32 Å². The fourth-order valence-electron chi connectivity index (χ4n) is 1.65. The van der Waals surface area contributed by atoms with Crippen LogP contribution in [0.2, 0.25) is 0 Å². The first-order chi connectivity index (χ1) is 10.7. The fraction of sp³-hybridized carbons (Fsp3) is 0.143.